The molecule has 1 aromatic rings. The van der Waals surface area contributed by atoms with Crippen molar-refractivity contribution in [2.45, 2.75) is 64.0 Å². The first-order chi connectivity index (χ1) is 8.74. The Labute approximate surface area is 111 Å². The second-order valence-corrected chi connectivity index (χ2v) is 5.54. The summed E-state index contributed by atoms with van der Waals surface area (Å²) in [6, 6.07) is 8.82. The van der Waals surface area contributed by atoms with E-state index in [4.69, 9.17) is 10.5 Å². The zero-order valence-corrected chi connectivity index (χ0v) is 11.4. The minimum Gasteiger partial charge on any atom is -0.490 e. The molecule has 1 aliphatic rings. The van der Waals surface area contributed by atoms with Gasteiger partial charge in [-0.25, -0.2) is 0 Å². The summed E-state index contributed by atoms with van der Waals surface area (Å²) in [6.07, 6.45) is 8.97. The Bertz CT molecular complexity index is 339. The van der Waals surface area contributed by atoms with Crippen molar-refractivity contribution >= 4 is 0 Å². The minimum atomic E-state index is 0.281. The van der Waals surface area contributed by atoms with Crippen molar-refractivity contribution in [3.05, 3.63) is 29.8 Å². The molecular weight excluding hydrogens is 222 g/mol. The molecule has 1 aliphatic carbocycles. The molecule has 18 heavy (non-hydrogen) atoms. The van der Waals surface area contributed by atoms with Crippen molar-refractivity contribution in [2.75, 3.05) is 0 Å². The minimum absolute atomic E-state index is 0.281. The predicted molar refractivity (Wildman–Crippen MR) is 75.9 cm³/mol. The summed E-state index contributed by atoms with van der Waals surface area (Å²) in [5.74, 6) is 1.02. The lowest BCUT2D eigenvalue weighted by molar-refractivity contribution is 0.155. The number of ether oxygens (including phenoxy) is 1. The van der Waals surface area contributed by atoms with Crippen LogP contribution in [0.4, 0.5) is 0 Å². The highest BCUT2D eigenvalue weighted by atomic mass is 16.5. The molecule has 2 rings (SSSR count). The largest absolute Gasteiger partial charge is 0.490 e. The van der Waals surface area contributed by atoms with Crippen LogP contribution in [-0.2, 0) is 6.42 Å². The van der Waals surface area contributed by atoms with Gasteiger partial charge in [-0.1, -0.05) is 18.6 Å². The van der Waals surface area contributed by atoms with Crippen LogP contribution in [-0.4, -0.2) is 12.1 Å². The zero-order chi connectivity index (χ0) is 12.8. The molecule has 0 aliphatic heterocycles. The summed E-state index contributed by atoms with van der Waals surface area (Å²) in [4.78, 5) is 0. The molecule has 100 valence electrons. The molecule has 0 spiro atoms. The van der Waals surface area contributed by atoms with Crippen molar-refractivity contribution in [1.29, 1.82) is 0 Å². The molecule has 1 saturated carbocycles. The molecule has 1 atom stereocenters. The van der Waals surface area contributed by atoms with Crippen LogP contribution in [0.15, 0.2) is 24.3 Å². The van der Waals surface area contributed by atoms with E-state index in [1.165, 1.54) is 37.7 Å². The van der Waals surface area contributed by atoms with Crippen molar-refractivity contribution < 1.29 is 4.74 Å². The number of rotatable bonds is 5. The molecule has 0 aromatic heterocycles. The third kappa shape index (κ3) is 4.34. The van der Waals surface area contributed by atoms with Gasteiger partial charge in [0.1, 0.15) is 5.75 Å². The van der Waals surface area contributed by atoms with Crippen molar-refractivity contribution in [3.63, 3.8) is 0 Å². The maximum Gasteiger partial charge on any atom is 0.119 e. The third-order valence-electron chi connectivity index (χ3n) is 3.67. The predicted octanol–water partition coefficient (Wildman–Crippen LogP) is 3.68. The first-order valence-corrected chi connectivity index (χ1v) is 7.25. The quantitative estimate of drug-likeness (QED) is 0.861. The van der Waals surface area contributed by atoms with Gasteiger partial charge in [-0.05, 0) is 63.1 Å². The van der Waals surface area contributed by atoms with Gasteiger partial charge in [-0.3, -0.25) is 0 Å². The van der Waals surface area contributed by atoms with E-state index in [-0.39, 0.29) is 6.04 Å². The van der Waals surface area contributed by atoms with Gasteiger partial charge in [0.15, 0.2) is 0 Å². The van der Waals surface area contributed by atoms with Gasteiger partial charge >= 0.3 is 0 Å². The SMILES string of the molecule is CC(N)CCc1ccc(OC2CCCCC2)cc1. The second-order valence-electron chi connectivity index (χ2n) is 5.54. The summed E-state index contributed by atoms with van der Waals surface area (Å²) in [6.45, 7) is 2.06. The molecule has 2 heteroatoms. The van der Waals surface area contributed by atoms with Crippen LogP contribution >= 0.6 is 0 Å². The molecule has 0 saturated heterocycles. The molecule has 0 bridgehead atoms. The lowest BCUT2D eigenvalue weighted by Crippen LogP contribution is -2.19. The van der Waals surface area contributed by atoms with Crippen LogP contribution in [0.25, 0.3) is 0 Å². The lowest BCUT2D eigenvalue weighted by Gasteiger charge is -2.23. The molecule has 2 nitrogen and oxygen atoms in total. The standard InChI is InChI=1S/C16H25NO/c1-13(17)7-8-14-9-11-16(12-10-14)18-15-5-3-2-4-6-15/h9-13,15H,2-8,17H2,1H3. The summed E-state index contributed by atoms with van der Waals surface area (Å²) >= 11 is 0. The molecule has 1 aromatic carbocycles. The highest BCUT2D eigenvalue weighted by Gasteiger charge is 2.14. The molecular formula is C16H25NO. The Kier molecular flexibility index (Phi) is 5.06. The van der Waals surface area contributed by atoms with Crippen LogP contribution in [0.3, 0.4) is 0 Å². The zero-order valence-electron chi connectivity index (χ0n) is 11.4. The van der Waals surface area contributed by atoms with E-state index in [0.717, 1.165) is 18.6 Å². The fourth-order valence-electron chi connectivity index (χ4n) is 2.50. The van der Waals surface area contributed by atoms with E-state index >= 15 is 0 Å². The molecule has 1 unspecified atom stereocenters. The number of nitrogens with two attached hydrogens (primary N) is 1. The third-order valence-corrected chi connectivity index (χ3v) is 3.67. The fraction of sp³-hybridized carbons (Fsp3) is 0.625. The summed E-state index contributed by atoms with van der Waals surface area (Å²) in [5.41, 5.74) is 7.12. The summed E-state index contributed by atoms with van der Waals surface area (Å²) in [7, 11) is 0. The van der Waals surface area contributed by atoms with Gasteiger partial charge < -0.3 is 10.5 Å². The lowest BCUT2D eigenvalue weighted by atomic mass is 9.98. The smallest absolute Gasteiger partial charge is 0.119 e. The fourth-order valence-corrected chi connectivity index (χ4v) is 2.50. The van der Waals surface area contributed by atoms with Gasteiger partial charge in [0.25, 0.3) is 0 Å². The van der Waals surface area contributed by atoms with Crippen molar-refractivity contribution in [3.8, 4) is 5.75 Å². The number of aryl methyl sites for hydroxylation is 1. The van der Waals surface area contributed by atoms with Crippen molar-refractivity contribution in [1.82, 2.24) is 0 Å². The van der Waals surface area contributed by atoms with E-state index < -0.39 is 0 Å². The summed E-state index contributed by atoms with van der Waals surface area (Å²) in [5, 5.41) is 0. The van der Waals surface area contributed by atoms with Crippen LogP contribution in [0, 0.1) is 0 Å². The van der Waals surface area contributed by atoms with E-state index in [1.807, 2.05) is 0 Å². The maximum atomic E-state index is 6.01. The highest BCUT2D eigenvalue weighted by molar-refractivity contribution is 5.27. The Morgan fingerprint density at radius 2 is 1.83 bits per heavy atom. The number of hydrogen-bond donors (Lipinski definition) is 1. The van der Waals surface area contributed by atoms with E-state index in [9.17, 15) is 0 Å². The number of benzene rings is 1. The first-order valence-electron chi connectivity index (χ1n) is 7.25. The van der Waals surface area contributed by atoms with Crippen LogP contribution < -0.4 is 10.5 Å². The summed E-state index contributed by atoms with van der Waals surface area (Å²) < 4.78 is 6.01. The topological polar surface area (TPSA) is 35.2 Å². The Morgan fingerprint density at radius 1 is 1.17 bits per heavy atom. The second kappa shape index (κ2) is 6.79. The van der Waals surface area contributed by atoms with Gasteiger partial charge in [0.05, 0.1) is 6.10 Å². The van der Waals surface area contributed by atoms with E-state index in [0.29, 0.717) is 6.10 Å². The van der Waals surface area contributed by atoms with Crippen LogP contribution in [0.1, 0.15) is 51.0 Å². The Morgan fingerprint density at radius 3 is 2.44 bits per heavy atom. The molecule has 0 amide bonds. The van der Waals surface area contributed by atoms with Gasteiger partial charge in [-0.15, -0.1) is 0 Å². The molecule has 0 heterocycles. The molecule has 1 fully saturated rings. The van der Waals surface area contributed by atoms with Crippen molar-refractivity contribution in [2.24, 2.45) is 5.73 Å². The number of hydrogen-bond acceptors (Lipinski definition) is 2. The normalized spacial score (nSPS) is 18.6. The average molecular weight is 247 g/mol. The van der Waals surface area contributed by atoms with Crippen LogP contribution in [0.2, 0.25) is 0 Å². The highest BCUT2D eigenvalue weighted by Crippen LogP contribution is 2.23. The Hall–Kier alpha value is -1.02. The first kappa shape index (κ1) is 13.4. The van der Waals surface area contributed by atoms with Gasteiger partial charge in [0.2, 0.25) is 0 Å². The van der Waals surface area contributed by atoms with Gasteiger partial charge in [0, 0.05) is 6.04 Å². The van der Waals surface area contributed by atoms with E-state index in [1.54, 1.807) is 0 Å². The average Bonchev–Trinajstić information content (AvgIpc) is 2.39. The van der Waals surface area contributed by atoms with Gasteiger partial charge in [-0.2, -0.15) is 0 Å². The molecule has 2 N–H and O–H groups in total. The van der Waals surface area contributed by atoms with E-state index in [2.05, 4.69) is 31.2 Å². The Balaban J connectivity index is 1.83. The molecule has 0 radical (unpaired) electrons. The maximum absolute atomic E-state index is 6.01. The van der Waals surface area contributed by atoms with Crippen LogP contribution in [0.5, 0.6) is 5.75 Å². The monoisotopic (exact) mass is 247 g/mol.